The summed E-state index contributed by atoms with van der Waals surface area (Å²) in [6.45, 7) is 6.01. The Labute approximate surface area is 140 Å². The molecule has 1 aliphatic heterocycles. The molecule has 0 N–H and O–H groups in total. The van der Waals surface area contributed by atoms with Crippen molar-refractivity contribution in [3.8, 4) is 0 Å². The molecule has 1 heterocycles. The van der Waals surface area contributed by atoms with Crippen molar-refractivity contribution in [2.75, 3.05) is 19.5 Å². The zero-order chi connectivity index (χ0) is 18.1. The number of ether oxygens (including phenoxy) is 2. The van der Waals surface area contributed by atoms with Crippen LogP contribution < -0.4 is 0 Å². The van der Waals surface area contributed by atoms with Gasteiger partial charge >= 0.3 is 5.97 Å². The molecule has 0 spiro atoms. The van der Waals surface area contributed by atoms with Gasteiger partial charge in [0.25, 0.3) is 0 Å². The minimum atomic E-state index is -3.32. The lowest BCUT2D eigenvalue weighted by atomic mass is 9.92. The van der Waals surface area contributed by atoms with Gasteiger partial charge in [-0.25, -0.2) is 17.6 Å². The monoisotopic (exact) mass is 354 g/mol. The summed E-state index contributed by atoms with van der Waals surface area (Å²) in [6.07, 6.45) is 1.12. The minimum absolute atomic E-state index is 0.0123. The smallest absolute Gasteiger partial charge is 0.374 e. The lowest BCUT2D eigenvalue weighted by molar-refractivity contribution is -0.146. The predicted octanol–water partition coefficient (Wildman–Crippen LogP) is 2.68. The zero-order valence-electron chi connectivity index (χ0n) is 13.8. The summed E-state index contributed by atoms with van der Waals surface area (Å²) in [5.74, 6) is -0.657. The summed E-state index contributed by atoms with van der Waals surface area (Å²) < 4.78 is 46.4. The van der Waals surface area contributed by atoms with Gasteiger partial charge in [-0.15, -0.1) is 0 Å². The second-order valence-electron chi connectivity index (χ2n) is 6.07. The second kappa shape index (κ2) is 6.39. The number of alkyl halides is 1. The Hall–Kier alpha value is -2.15. The van der Waals surface area contributed by atoms with Gasteiger partial charge in [-0.2, -0.15) is 0 Å². The highest BCUT2D eigenvalue weighted by molar-refractivity contribution is 7.90. The number of esters is 1. The van der Waals surface area contributed by atoms with E-state index in [1.807, 2.05) is 0 Å². The summed E-state index contributed by atoms with van der Waals surface area (Å²) in [4.78, 5) is 12.2. The molecule has 0 aliphatic carbocycles. The number of carbonyl (C=O) groups is 1. The van der Waals surface area contributed by atoms with Crippen LogP contribution in [-0.4, -0.2) is 39.5 Å². The van der Waals surface area contributed by atoms with Crippen LogP contribution in [-0.2, 0) is 24.1 Å². The van der Waals surface area contributed by atoms with E-state index in [4.69, 9.17) is 9.47 Å². The van der Waals surface area contributed by atoms with Crippen LogP contribution in [0.3, 0.4) is 0 Å². The molecule has 0 amide bonds. The molecule has 0 saturated carbocycles. The summed E-state index contributed by atoms with van der Waals surface area (Å²) >= 11 is 0. The number of hydrogen-bond acceptors (Lipinski definition) is 5. The highest BCUT2D eigenvalue weighted by Gasteiger charge is 2.42. The number of cyclic esters (lactones) is 1. The van der Waals surface area contributed by atoms with E-state index in [9.17, 15) is 17.6 Å². The summed E-state index contributed by atoms with van der Waals surface area (Å²) in [5, 5.41) is 0. The number of carbonyl (C=O) groups excluding carboxylic acids is 1. The van der Waals surface area contributed by atoms with Crippen molar-refractivity contribution in [1.82, 2.24) is 0 Å². The lowest BCUT2D eigenvalue weighted by Gasteiger charge is -2.21. The molecule has 0 atom stereocenters. The van der Waals surface area contributed by atoms with E-state index in [0.29, 0.717) is 11.1 Å². The first kappa shape index (κ1) is 18.2. The molecule has 7 heteroatoms. The Morgan fingerprint density at radius 3 is 2.38 bits per heavy atom. The minimum Gasteiger partial charge on any atom is -0.482 e. The largest absolute Gasteiger partial charge is 0.482 e. The predicted molar refractivity (Wildman–Crippen MR) is 87.7 cm³/mol. The average molecular weight is 354 g/mol. The van der Waals surface area contributed by atoms with Crippen LogP contribution in [0.25, 0.3) is 5.57 Å². The van der Waals surface area contributed by atoms with Crippen molar-refractivity contribution in [1.29, 1.82) is 0 Å². The van der Waals surface area contributed by atoms with Crippen molar-refractivity contribution in [3.63, 3.8) is 0 Å². The first-order chi connectivity index (χ1) is 11.1. The van der Waals surface area contributed by atoms with E-state index in [1.54, 1.807) is 26.0 Å². The molecular weight excluding hydrogens is 335 g/mol. The fourth-order valence-corrected chi connectivity index (χ4v) is 3.03. The van der Waals surface area contributed by atoms with Gasteiger partial charge in [0.15, 0.2) is 9.84 Å². The number of sulfone groups is 1. The van der Waals surface area contributed by atoms with Gasteiger partial charge in [0, 0.05) is 6.26 Å². The van der Waals surface area contributed by atoms with Crippen LogP contribution in [0.5, 0.6) is 0 Å². The van der Waals surface area contributed by atoms with E-state index in [-0.39, 0.29) is 22.8 Å². The Balaban J connectivity index is 2.46. The molecule has 0 radical (unpaired) electrons. The normalized spacial score (nSPS) is 16.9. The number of rotatable bonds is 6. The maximum Gasteiger partial charge on any atom is 0.374 e. The Kier molecular flexibility index (Phi) is 4.85. The van der Waals surface area contributed by atoms with Gasteiger partial charge in [0.2, 0.25) is 5.76 Å². The Morgan fingerprint density at radius 2 is 1.88 bits per heavy atom. The quantitative estimate of drug-likeness (QED) is 0.580. The molecule has 2 rings (SSSR count). The first-order valence-corrected chi connectivity index (χ1v) is 9.09. The molecule has 24 heavy (non-hydrogen) atoms. The Bertz CT molecular complexity index is 804. The van der Waals surface area contributed by atoms with Crippen molar-refractivity contribution >= 4 is 21.4 Å². The van der Waals surface area contributed by atoms with Gasteiger partial charge < -0.3 is 9.47 Å². The van der Waals surface area contributed by atoms with Crippen molar-refractivity contribution in [2.45, 2.75) is 24.3 Å². The van der Waals surface area contributed by atoms with Gasteiger partial charge in [-0.3, -0.25) is 0 Å². The maximum atomic E-state index is 12.5. The highest BCUT2D eigenvalue weighted by atomic mass is 32.2. The molecule has 1 aliphatic rings. The number of hydrogen-bond donors (Lipinski definition) is 0. The van der Waals surface area contributed by atoms with Gasteiger partial charge in [-0.1, -0.05) is 18.7 Å². The molecule has 0 saturated heterocycles. The van der Waals surface area contributed by atoms with Crippen LogP contribution in [0.15, 0.2) is 47.1 Å². The van der Waals surface area contributed by atoms with E-state index >= 15 is 0 Å². The molecule has 0 fully saturated rings. The van der Waals surface area contributed by atoms with Crippen LogP contribution >= 0.6 is 0 Å². The molecule has 130 valence electrons. The third-order valence-electron chi connectivity index (χ3n) is 3.54. The second-order valence-corrected chi connectivity index (χ2v) is 8.09. The molecule has 1 aromatic carbocycles. The topological polar surface area (TPSA) is 69.7 Å². The van der Waals surface area contributed by atoms with E-state index in [0.717, 1.165) is 6.26 Å². The third kappa shape index (κ3) is 3.67. The molecule has 5 nitrogen and oxygen atoms in total. The lowest BCUT2D eigenvalue weighted by Crippen LogP contribution is -2.22. The van der Waals surface area contributed by atoms with E-state index < -0.39 is 28.1 Å². The van der Waals surface area contributed by atoms with Crippen LogP contribution in [0.4, 0.5) is 4.39 Å². The van der Waals surface area contributed by atoms with Crippen molar-refractivity contribution < 1.29 is 27.1 Å². The number of halogens is 1. The molecule has 0 aromatic heterocycles. The summed E-state index contributed by atoms with van der Waals surface area (Å²) in [7, 11) is -3.32. The third-order valence-corrected chi connectivity index (χ3v) is 4.67. The Morgan fingerprint density at radius 1 is 1.29 bits per heavy atom. The number of benzene rings is 1. The van der Waals surface area contributed by atoms with E-state index in [2.05, 4.69) is 6.58 Å². The molecule has 0 bridgehead atoms. The fourth-order valence-electron chi connectivity index (χ4n) is 2.40. The first-order valence-electron chi connectivity index (χ1n) is 7.20. The van der Waals surface area contributed by atoms with Gasteiger partial charge in [0.05, 0.1) is 10.5 Å². The summed E-state index contributed by atoms with van der Waals surface area (Å²) in [5.41, 5.74) is 0.334. The molecular formula is C17H19FO5S. The van der Waals surface area contributed by atoms with E-state index in [1.165, 1.54) is 12.1 Å². The maximum absolute atomic E-state index is 12.5. The standard InChI is InChI=1S/C17H19FO5S/c1-11(9-18)10-22-15-14(17(2,3)23-16(15)19)12-5-7-13(8-6-12)24(4,20)21/h5-8H,1,9-10H2,2-4H3. The molecule has 1 aromatic rings. The van der Waals surface area contributed by atoms with Crippen LogP contribution in [0, 0.1) is 0 Å². The fraction of sp³-hybridized carbons (Fsp3) is 0.353. The SMILES string of the molecule is C=C(CF)COC1=C(c2ccc(S(C)(=O)=O)cc2)C(C)(C)OC1=O. The molecule has 0 unspecified atom stereocenters. The van der Waals surface area contributed by atoms with Crippen molar-refractivity contribution in [2.24, 2.45) is 0 Å². The zero-order valence-corrected chi connectivity index (χ0v) is 14.6. The van der Waals surface area contributed by atoms with Gasteiger partial charge in [0.1, 0.15) is 18.9 Å². The van der Waals surface area contributed by atoms with Crippen LogP contribution in [0.1, 0.15) is 19.4 Å². The van der Waals surface area contributed by atoms with Crippen LogP contribution in [0.2, 0.25) is 0 Å². The highest BCUT2D eigenvalue weighted by Crippen LogP contribution is 2.40. The average Bonchev–Trinajstić information content (AvgIpc) is 2.72. The summed E-state index contributed by atoms with van der Waals surface area (Å²) in [6, 6.07) is 6.08. The van der Waals surface area contributed by atoms with Crippen molar-refractivity contribution in [3.05, 3.63) is 47.7 Å². The van der Waals surface area contributed by atoms with Gasteiger partial charge in [-0.05, 0) is 37.1 Å².